The first-order valence-corrected chi connectivity index (χ1v) is 9.02. The number of rotatable bonds is 4. The molecule has 1 fully saturated rings. The summed E-state index contributed by atoms with van der Waals surface area (Å²) in [5.41, 5.74) is 3.19. The van der Waals surface area contributed by atoms with Crippen LogP contribution in [0.4, 0.5) is 5.69 Å². The maximum absolute atomic E-state index is 12.8. The van der Waals surface area contributed by atoms with Crippen LogP contribution in [0.3, 0.4) is 0 Å². The zero-order chi connectivity index (χ0) is 17.2. The molecule has 2 aromatic carbocycles. The van der Waals surface area contributed by atoms with Gasteiger partial charge in [0.05, 0.1) is 6.61 Å². The van der Waals surface area contributed by atoms with Crippen LogP contribution < -0.4 is 9.64 Å². The molecule has 4 rings (SSSR count). The summed E-state index contributed by atoms with van der Waals surface area (Å²) in [6, 6.07) is 16.3. The van der Waals surface area contributed by atoms with Gasteiger partial charge in [0.2, 0.25) is 0 Å². The van der Waals surface area contributed by atoms with E-state index in [2.05, 4.69) is 29.2 Å². The zero-order valence-electron chi connectivity index (χ0n) is 14.6. The standard InChI is InChI=1S/C21H24N2O2/c1-22(21(24)18-7-8-20-17(13-18)10-12-25-20)14-16-9-11-23(15-16)19-5-3-2-4-6-19/h2-8,13,16H,9-12,14-15H2,1H3. The van der Waals surface area contributed by atoms with E-state index in [1.807, 2.05) is 36.2 Å². The van der Waals surface area contributed by atoms with Gasteiger partial charge in [-0.25, -0.2) is 0 Å². The van der Waals surface area contributed by atoms with Gasteiger partial charge in [0.1, 0.15) is 5.75 Å². The Morgan fingerprint density at radius 2 is 2.08 bits per heavy atom. The summed E-state index contributed by atoms with van der Waals surface area (Å²) >= 11 is 0. The molecule has 1 saturated heterocycles. The highest BCUT2D eigenvalue weighted by Gasteiger charge is 2.26. The Morgan fingerprint density at radius 1 is 1.24 bits per heavy atom. The molecule has 4 nitrogen and oxygen atoms in total. The van der Waals surface area contributed by atoms with E-state index >= 15 is 0 Å². The van der Waals surface area contributed by atoms with E-state index in [0.717, 1.165) is 56.0 Å². The SMILES string of the molecule is CN(CC1CCN(c2ccccc2)C1)C(=O)c1ccc2c(c1)CCO2. The predicted octanol–water partition coefficient (Wildman–Crippen LogP) is 3.22. The monoisotopic (exact) mass is 336 g/mol. The lowest BCUT2D eigenvalue weighted by molar-refractivity contribution is 0.0776. The summed E-state index contributed by atoms with van der Waals surface area (Å²) < 4.78 is 5.52. The van der Waals surface area contributed by atoms with Crippen molar-refractivity contribution in [2.45, 2.75) is 12.8 Å². The summed E-state index contributed by atoms with van der Waals surface area (Å²) in [5.74, 6) is 1.55. The van der Waals surface area contributed by atoms with Gasteiger partial charge in [0.25, 0.3) is 5.91 Å². The van der Waals surface area contributed by atoms with E-state index in [0.29, 0.717) is 5.92 Å². The van der Waals surface area contributed by atoms with Crippen LogP contribution in [0.2, 0.25) is 0 Å². The topological polar surface area (TPSA) is 32.8 Å². The van der Waals surface area contributed by atoms with Gasteiger partial charge in [-0.1, -0.05) is 18.2 Å². The van der Waals surface area contributed by atoms with E-state index in [9.17, 15) is 4.79 Å². The molecule has 2 aliphatic rings. The number of ether oxygens (including phenoxy) is 1. The molecule has 2 heterocycles. The molecule has 2 aromatic rings. The van der Waals surface area contributed by atoms with Crippen LogP contribution in [0, 0.1) is 5.92 Å². The summed E-state index contributed by atoms with van der Waals surface area (Å²) in [5, 5.41) is 0. The normalized spacial score (nSPS) is 18.8. The molecule has 1 unspecified atom stereocenters. The van der Waals surface area contributed by atoms with Crippen molar-refractivity contribution < 1.29 is 9.53 Å². The van der Waals surface area contributed by atoms with Crippen molar-refractivity contribution >= 4 is 11.6 Å². The number of benzene rings is 2. The highest BCUT2D eigenvalue weighted by Crippen LogP contribution is 2.27. The predicted molar refractivity (Wildman–Crippen MR) is 99.4 cm³/mol. The van der Waals surface area contributed by atoms with Gasteiger partial charge in [0, 0.05) is 44.4 Å². The van der Waals surface area contributed by atoms with Crippen molar-refractivity contribution in [1.82, 2.24) is 4.90 Å². The molecule has 0 saturated carbocycles. The third kappa shape index (κ3) is 3.34. The number of hydrogen-bond donors (Lipinski definition) is 0. The minimum atomic E-state index is 0.105. The minimum Gasteiger partial charge on any atom is -0.493 e. The first-order valence-electron chi connectivity index (χ1n) is 9.02. The fourth-order valence-corrected chi connectivity index (χ4v) is 3.87. The lowest BCUT2D eigenvalue weighted by Gasteiger charge is -2.23. The molecule has 25 heavy (non-hydrogen) atoms. The number of anilines is 1. The van der Waals surface area contributed by atoms with Gasteiger partial charge >= 0.3 is 0 Å². The van der Waals surface area contributed by atoms with Crippen LogP contribution in [0.15, 0.2) is 48.5 Å². The molecular formula is C21H24N2O2. The van der Waals surface area contributed by atoms with Crippen LogP contribution in [0.25, 0.3) is 0 Å². The van der Waals surface area contributed by atoms with Crippen molar-refractivity contribution in [2.24, 2.45) is 5.92 Å². The number of carbonyl (C=O) groups excluding carboxylic acids is 1. The fourth-order valence-electron chi connectivity index (χ4n) is 3.87. The van der Waals surface area contributed by atoms with Crippen LogP contribution in [-0.4, -0.2) is 44.1 Å². The Labute approximate surface area is 149 Å². The number of para-hydroxylation sites is 1. The molecule has 0 N–H and O–H groups in total. The van der Waals surface area contributed by atoms with E-state index in [1.165, 1.54) is 5.69 Å². The highest BCUT2D eigenvalue weighted by atomic mass is 16.5. The van der Waals surface area contributed by atoms with Crippen LogP contribution in [0.5, 0.6) is 5.75 Å². The highest BCUT2D eigenvalue weighted by molar-refractivity contribution is 5.94. The molecule has 0 radical (unpaired) electrons. The summed E-state index contributed by atoms with van der Waals surface area (Å²) in [6.45, 7) is 3.60. The second kappa shape index (κ2) is 6.79. The Morgan fingerprint density at radius 3 is 2.92 bits per heavy atom. The quantitative estimate of drug-likeness (QED) is 0.859. The third-order valence-corrected chi connectivity index (χ3v) is 5.22. The maximum Gasteiger partial charge on any atom is 0.253 e. The molecule has 0 spiro atoms. The third-order valence-electron chi connectivity index (χ3n) is 5.22. The first kappa shape index (κ1) is 16.0. The number of hydrogen-bond acceptors (Lipinski definition) is 3. The molecule has 0 bridgehead atoms. The second-order valence-corrected chi connectivity index (χ2v) is 7.04. The Hall–Kier alpha value is -2.49. The minimum absolute atomic E-state index is 0.105. The van der Waals surface area contributed by atoms with Crippen molar-refractivity contribution in [3.63, 3.8) is 0 Å². The van der Waals surface area contributed by atoms with E-state index < -0.39 is 0 Å². The van der Waals surface area contributed by atoms with Gasteiger partial charge in [-0.15, -0.1) is 0 Å². The van der Waals surface area contributed by atoms with Gasteiger partial charge in [-0.2, -0.15) is 0 Å². The lowest BCUT2D eigenvalue weighted by Crippen LogP contribution is -2.33. The molecule has 4 heteroatoms. The number of nitrogens with zero attached hydrogens (tertiary/aromatic N) is 2. The van der Waals surface area contributed by atoms with E-state index in [1.54, 1.807) is 0 Å². The van der Waals surface area contributed by atoms with Crippen molar-refractivity contribution in [1.29, 1.82) is 0 Å². The van der Waals surface area contributed by atoms with Crippen LogP contribution in [-0.2, 0) is 6.42 Å². The molecule has 0 aromatic heterocycles. The Balaban J connectivity index is 1.37. The average Bonchev–Trinajstić information content (AvgIpc) is 3.30. The molecule has 0 aliphatic carbocycles. The first-order chi connectivity index (χ1) is 12.2. The lowest BCUT2D eigenvalue weighted by atomic mass is 10.1. The zero-order valence-corrected chi connectivity index (χ0v) is 14.6. The van der Waals surface area contributed by atoms with Crippen molar-refractivity contribution in [3.8, 4) is 5.75 Å². The van der Waals surface area contributed by atoms with E-state index in [-0.39, 0.29) is 5.91 Å². The molecule has 1 amide bonds. The van der Waals surface area contributed by atoms with Crippen LogP contribution in [0.1, 0.15) is 22.3 Å². The van der Waals surface area contributed by atoms with Crippen molar-refractivity contribution in [2.75, 3.05) is 38.2 Å². The number of carbonyl (C=O) groups is 1. The Kier molecular flexibility index (Phi) is 4.35. The smallest absolute Gasteiger partial charge is 0.253 e. The number of fused-ring (bicyclic) bond motifs is 1. The maximum atomic E-state index is 12.8. The molecule has 130 valence electrons. The van der Waals surface area contributed by atoms with Crippen LogP contribution >= 0.6 is 0 Å². The molecule has 1 atom stereocenters. The van der Waals surface area contributed by atoms with Crippen molar-refractivity contribution in [3.05, 3.63) is 59.7 Å². The van der Waals surface area contributed by atoms with Gasteiger partial charge in [-0.05, 0) is 48.2 Å². The Bertz CT molecular complexity index is 760. The summed E-state index contributed by atoms with van der Waals surface area (Å²) in [6.07, 6.45) is 2.03. The number of amides is 1. The summed E-state index contributed by atoms with van der Waals surface area (Å²) in [7, 11) is 1.91. The largest absolute Gasteiger partial charge is 0.493 e. The second-order valence-electron chi connectivity index (χ2n) is 7.04. The van der Waals surface area contributed by atoms with E-state index in [4.69, 9.17) is 4.74 Å². The van der Waals surface area contributed by atoms with Gasteiger partial charge < -0.3 is 14.5 Å². The van der Waals surface area contributed by atoms with Gasteiger partial charge in [-0.3, -0.25) is 4.79 Å². The van der Waals surface area contributed by atoms with Gasteiger partial charge in [0.15, 0.2) is 0 Å². The molecule has 2 aliphatic heterocycles. The fraction of sp³-hybridized carbons (Fsp3) is 0.381. The average molecular weight is 336 g/mol. The molecular weight excluding hydrogens is 312 g/mol. The summed E-state index contributed by atoms with van der Waals surface area (Å²) in [4.78, 5) is 17.0.